The second-order valence-electron chi connectivity index (χ2n) is 6.41. The quantitative estimate of drug-likeness (QED) is 0.504. The molecule has 23 heavy (non-hydrogen) atoms. The van der Waals surface area contributed by atoms with Gasteiger partial charge in [-0.3, -0.25) is 0 Å². The largest absolute Gasteiger partial charge is 0.249 e. The van der Waals surface area contributed by atoms with E-state index in [1.165, 1.54) is 62.6 Å². The Labute approximate surface area is 141 Å². The molecule has 3 nitrogen and oxygen atoms in total. The molecule has 0 unspecified atom stereocenters. The maximum absolute atomic E-state index is 4.25. The van der Waals surface area contributed by atoms with Crippen LogP contribution in [-0.4, -0.2) is 15.0 Å². The number of rotatable bonds is 12. The molecule has 0 bridgehead atoms. The molecule has 2 rings (SSSR count). The minimum Gasteiger partial charge on any atom is -0.249 e. The minimum atomic E-state index is 1.01. The maximum atomic E-state index is 4.25. The zero-order valence-corrected chi connectivity index (χ0v) is 14.6. The second-order valence-corrected chi connectivity index (χ2v) is 6.41. The number of nitrogens with zero attached hydrogens (tertiary/aromatic N) is 3. The monoisotopic (exact) mass is 313 g/mol. The lowest BCUT2D eigenvalue weighted by atomic mass is 10.1. The molecule has 0 saturated heterocycles. The number of hydrogen-bond acceptors (Lipinski definition) is 2. The van der Waals surface area contributed by atoms with Crippen LogP contribution in [0.25, 0.3) is 0 Å². The first kappa shape index (κ1) is 17.7. The fourth-order valence-corrected chi connectivity index (χ4v) is 2.97. The number of benzene rings is 1. The molecule has 1 heterocycles. The van der Waals surface area contributed by atoms with E-state index in [1.807, 2.05) is 6.20 Å². The van der Waals surface area contributed by atoms with Crippen LogP contribution in [0.15, 0.2) is 36.5 Å². The first-order valence-corrected chi connectivity index (χ1v) is 9.31. The average molecular weight is 313 g/mol. The fraction of sp³-hybridized carbons (Fsp3) is 0.600. The Morgan fingerprint density at radius 1 is 0.826 bits per heavy atom. The van der Waals surface area contributed by atoms with E-state index in [4.69, 9.17) is 0 Å². The first-order chi connectivity index (χ1) is 11.4. The fourth-order valence-electron chi connectivity index (χ4n) is 2.97. The van der Waals surface area contributed by atoms with Crippen LogP contribution in [0.4, 0.5) is 0 Å². The second kappa shape index (κ2) is 11.0. The van der Waals surface area contributed by atoms with Gasteiger partial charge in [0.15, 0.2) is 0 Å². The molecule has 0 aliphatic rings. The third kappa shape index (κ3) is 6.98. The molecule has 3 heteroatoms. The Morgan fingerprint density at radius 2 is 1.52 bits per heavy atom. The van der Waals surface area contributed by atoms with Crippen LogP contribution in [-0.2, 0) is 19.4 Å². The normalized spacial score (nSPS) is 11.0. The van der Waals surface area contributed by atoms with Crippen molar-refractivity contribution in [2.75, 3.05) is 0 Å². The Morgan fingerprint density at radius 3 is 2.26 bits per heavy atom. The molecule has 0 radical (unpaired) electrons. The van der Waals surface area contributed by atoms with Crippen LogP contribution in [0.3, 0.4) is 0 Å². The SMILES string of the molecule is CCCCCCCCCCn1nncc1CCc1ccccc1. The van der Waals surface area contributed by atoms with Crippen molar-refractivity contribution < 1.29 is 0 Å². The van der Waals surface area contributed by atoms with Gasteiger partial charge in [0.1, 0.15) is 0 Å². The van der Waals surface area contributed by atoms with E-state index >= 15 is 0 Å². The molecule has 1 aromatic carbocycles. The number of unbranched alkanes of at least 4 members (excludes halogenated alkanes) is 7. The number of aryl methyl sites for hydroxylation is 3. The van der Waals surface area contributed by atoms with Gasteiger partial charge < -0.3 is 0 Å². The highest BCUT2D eigenvalue weighted by Crippen LogP contribution is 2.10. The van der Waals surface area contributed by atoms with E-state index < -0.39 is 0 Å². The predicted octanol–water partition coefficient (Wildman–Crippen LogP) is 5.20. The summed E-state index contributed by atoms with van der Waals surface area (Å²) in [5, 5.41) is 8.35. The van der Waals surface area contributed by atoms with Gasteiger partial charge in [-0.2, -0.15) is 0 Å². The van der Waals surface area contributed by atoms with Gasteiger partial charge in [0.2, 0.25) is 0 Å². The highest BCUT2D eigenvalue weighted by molar-refractivity contribution is 5.16. The molecule has 0 spiro atoms. The van der Waals surface area contributed by atoms with Crippen LogP contribution in [0.2, 0.25) is 0 Å². The summed E-state index contributed by atoms with van der Waals surface area (Å²) >= 11 is 0. The van der Waals surface area contributed by atoms with Crippen molar-refractivity contribution in [1.29, 1.82) is 0 Å². The summed E-state index contributed by atoms with van der Waals surface area (Å²) in [6.07, 6.45) is 14.8. The van der Waals surface area contributed by atoms with Gasteiger partial charge in [0, 0.05) is 6.54 Å². The van der Waals surface area contributed by atoms with Crippen LogP contribution < -0.4 is 0 Å². The standard InChI is InChI=1S/C20H31N3/c1-2-3-4-5-6-7-8-12-17-23-20(18-21-22-23)16-15-19-13-10-9-11-14-19/h9-11,13-14,18H,2-8,12,15-17H2,1H3. The Bertz CT molecular complexity index is 519. The highest BCUT2D eigenvalue weighted by atomic mass is 15.4. The van der Waals surface area contributed by atoms with Gasteiger partial charge in [0.05, 0.1) is 11.9 Å². The molecule has 1 aromatic heterocycles. The third-order valence-corrected chi connectivity index (χ3v) is 4.43. The zero-order valence-electron chi connectivity index (χ0n) is 14.6. The first-order valence-electron chi connectivity index (χ1n) is 9.31. The summed E-state index contributed by atoms with van der Waals surface area (Å²) < 4.78 is 2.10. The van der Waals surface area contributed by atoms with Gasteiger partial charge in [-0.25, -0.2) is 4.68 Å². The van der Waals surface area contributed by atoms with Crippen molar-refractivity contribution >= 4 is 0 Å². The molecule has 126 valence electrons. The van der Waals surface area contributed by atoms with E-state index in [0.717, 1.165) is 19.4 Å². The lowest BCUT2D eigenvalue weighted by Crippen LogP contribution is -2.06. The van der Waals surface area contributed by atoms with Crippen molar-refractivity contribution in [2.45, 2.75) is 77.7 Å². The van der Waals surface area contributed by atoms with Crippen LogP contribution in [0, 0.1) is 0 Å². The Kier molecular flexibility index (Phi) is 8.46. The van der Waals surface area contributed by atoms with Crippen molar-refractivity contribution in [2.24, 2.45) is 0 Å². The topological polar surface area (TPSA) is 30.7 Å². The molecule has 0 N–H and O–H groups in total. The molecule has 0 amide bonds. The summed E-state index contributed by atoms with van der Waals surface area (Å²) in [5.41, 5.74) is 2.64. The van der Waals surface area contributed by atoms with Crippen LogP contribution in [0.1, 0.15) is 69.5 Å². The molecule has 0 aliphatic heterocycles. The van der Waals surface area contributed by atoms with Gasteiger partial charge in [-0.05, 0) is 24.8 Å². The third-order valence-electron chi connectivity index (χ3n) is 4.43. The molecular formula is C20H31N3. The molecule has 0 fully saturated rings. The minimum absolute atomic E-state index is 1.01. The molecular weight excluding hydrogens is 282 g/mol. The van der Waals surface area contributed by atoms with Crippen molar-refractivity contribution in [1.82, 2.24) is 15.0 Å². The van der Waals surface area contributed by atoms with E-state index in [2.05, 4.69) is 52.2 Å². The van der Waals surface area contributed by atoms with Gasteiger partial charge in [-0.1, -0.05) is 87.4 Å². The van der Waals surface area contributed by atoms with Gasteiger partial charge >= 0.3 is 0 Å². The van der Waals surface area contributed by atoms with E-state index in [1.54, 1.807) is 0 Å². The predicted molar refractivity (Wildman–Crippen MR) is 96.5 cm³/mol. The molecule has 0 atom stereocenters. The van der Waals surface area contributed by atoms with Crippen molar-refractivity contribution in [3.05, 3.63) is 47.8 Å². The van der Waals surface area contributed by atoms with Crippen LogP contribution >= 0.6 is 0 Å². The molecule has 0 saturated carbocycles. The van der Waals surface area contributed by atoms with E-state index in [9.17, 15) is 0 Å². The summed E-state index contributed by atoms with van der Waals surface area (Å²) in [6.45, 7) is 3.28. The summed E-state index contributed by atoms with van der Waals surface area (Å²) in [4.78, 5) is 0. The Balaban J connectivity index is 1.62. The van der Waals surface area contributed by atoms with E-state index in [0.29, 0.717) is 0 Å². The molecule has 0 aliphatic carbocycles. The number of hydrogen-bond donors (Lipinski definition) is 0. The van der Waals surface area contributed by atoms with Crippen molar-refractivity contribution in [3.63, 3.8) is 0 Å². The van der Waals surface area contributed by atoms with E-state index in [-0.39, 0.29) is 0 Å². The maximum Gasteiger partial charge on any atom is 0.0725 e. The smallest absolute Gasteiger partial charge is 0.0725 e. The summed E-state index contributed by atoms with van der Waals surface area (Å²) in [5.74, 6) is 0. The van der Waals surface area contributed by atoms with Gasteiger partial charge in [0.25, 0.3) is 0 Å². The highest BCUT2D eigenvalue weighted by Gasteiger charge is 2.04. The summed E-state index contributed by atoms with van der Waals surface area (Å²) in [6, 6.07) is 10.6. The number of aromatic nitrogens is 3. The van der Waals surface area contributed by atoms with Gasteiger partial charge in [-0.15, -0.1) is 5.10 Å². The lowest BCUT2D eigenvalue weighted by Gasteiger charge is -2.06. The van der Waals surface area contributed by atoms with Crippen LogP contribution in [0.5, 0.6) is 0 Å². The lowest BCUT2D eigenvalue weighted by molar-refractivity contribution is 0.498. The summed E-state index contributed by atoms with van der Waals surface area (Å²) in [7, 11) is 0. The van der Waals surface area contributed by atoms with Crippen molar-refractivity contribution in [3.8, 4) is 0 Å². The zero-order chi connectivity index (χ0) is 16.2. The average Bonchev–Trinajstić information content (AvgIpc) is 3.04. The molecule has 2 aromatic rings. The Hall–Kier alpha value is -1.64.